The van der Waals surface area contributed by atoms with Crippen molar-refractivity contribution in [2.75, 3.05) is 26.2 Å². The summed E-state index contributed by atoms with van der Waals surface area (Å²) in [4.78, 5) is 119. The minimum atomic E-state index is -0.392. The Labute approximate surface area is 402 Å². The summed E-state index contributed by atoms with van der Waals surface area (Å²) in [5.74, 6) is -0.408. The average Bonchev–Trinajstić information content (AvgIpc) is 3.87. The standard InChI is InChI=1S/C56H48N4O10/c61-45-37-5-1-33-11-41(37)49(65)57(45)25-53-15-29-9-30(16-53)18-54(17-29,23-53)27-59-47(63)39-7-3-35(13-43(39)51(59)67)70-36-4-8-40-44(14-36)52(68)60(48(40)64)28-56-21-31-10-32(22-56)20-55(19-31,24-56)26-58-46(62)38-6-2-34(69-33)12-42(38)50(58)66/h1-8,11-14,29-32H,9-10,15-28H2. The van der Waals surface area contributed by atoms with E-state index in [1.807, 2.05) is 0 Å². The van der Waals surface area contributed by atoms with E-state index in [1.165, 1.54) is 19.6 Å². The summed E-state index contributed by atoms with van der Waals surface area (Å²) in [7, 11) is 0. The first-order valence-electron chi connectivity index (χ1n) is 25.0. The highest BCUT2D eigenvalue weighted by atomic mass is 16.5. The van der Waals surface area contributed by atoms with Crippen molar-refractivity contribution < 1.29 is 47.8 Å². The third-order valence-corrected chi connectivity index (χ3v) is 18.8. The van der Waals surface area contributed by atoms with Crippen LogP contribution in [0.2, 0.25) is 0 Å². The maximum Gasteiger partial charge on any atom is 0.261 e. The van der Waals surface area contributed by atoms with Crippen molar-refractivity contribution in [2.24, 2.45) is 45.3 Å². The van der Waals surface area contributed by atoms with Crippen molar-refractivity contribution in [3.05, 3.63) is 117 Å². The molecule has 4 aromatic rings. The Morgan fingerprint density at radius 2 is 0.529 bits per heavy atom. The van der Waals surface area contributed by atoms with Crippen molar-refractivity contribution in [1.29, 1.82) is 0 Å². The quantitative estimate of drug-likeness (QED) is 0.156. The minimum Gasteiger partial charge on any atom is -0.457 e. The molecule has 0 atom stereocenters. The Bertz CT molecular complexity index is 2800. The predicted octanol–water partition coefficient (Wildman–Crippen LogP) is 8.54. The minimum absolute atomic E-state index is 0.241. The normalized spacial score (nSPS) is 33.9. The highest BCUT2D eigenvalue weighted by Crippen LogP contribution is 2.67. The van der Waals surface area contributed by atoms with Gasteiger partial charge in [-0.3, -0.25) is 58.0 Å². The molecule has 17 rings (SSSR count). The molecule has 14 heteroatoms. The molecule has 0 aromatic heterocycles. The second-order valence-corrected chi connectivity index (χ2v) is 23.7. The van der Waals surface area contributed by atoms with Gasteiger partial charge in [-0.05, 0) is 195 Å². The zero-order chi connectivity index (χ0) is 47.4. The van der Waals surface area contributed by atoms with E-state index in [2.05, 4.69) is 0 Å². The van der Waals surface area contributed by atoms with Crippen LogP contribution in [0.5, 0.6) is 23.0 Å². The van der Waals surface area contributed by atoms with Gasteiger partial charge in [0.15, 0.2) is 0 Å². The maximum atomic E-state index is 14.3. The number of benzene rings is 4. The summed E-state index contributed by atoms with van der Waals surface area (Å²) in [6.07, 6.45) is 10.3. The zero-order valence-electron chi connectivity index (χ0n) is 38.4. The third-order valence-electron chi connectivity index (χ3n) is 18.8. The molecule has 8 saturated carbocycles. The molecular weight excluding hydrogens is 889 g/mol. The largest absolute Gasteiger partial charge is 0.457 e. The number of fused-ring (bicyclic) bond motifs is 8. The lowest BCUT2D eigenvalue weighted by Gasteiger charge is -2.63. The van der Waals surface area contributed by atoms with Crippen LogP contribution in [0.3, 0.4) is 0 Å². The van der Waals surface area contributed by atoms with Crippen LogP contribution >= 0.6 is 0 Å². The first kappa shape index (κ1) is 40.9. The van der Waals surface area contributed by atoms with Crippen molar-refractivity contribution >= 4 is 47.3 Å². The van der Waals surface area contributed by atoms with Gasteiger partial charge < -0.3 is 9.47 Å². The molecule has 20 bridgehead atoms. The van der Waals surface area contributed by atoms with E-state index in [9.17, 15) is 38.4 Å². The number of ether oxygens (including phenoxy) is 2. The highest BCUT2D eigenvalue weighted by Gasteiger charge is 2.62. The molecule has 5 heterocycles. The molecule has 4 spiro atoms. The average molecular weight is 937 g/mol. The Balaban J connectivity index is 0.787. The first-order chi connectivity index (χ1) is 33.6. The number of amides is 8. The van der Waals surface area contributed by atoms with Crippen LogP contribution in [0.1, 0.15) is 160 Å². The zero-order valence-corrected chi connectivity index (χ0v) is 38.4. The van der Waals surface area contributed by atoms with E-state index < -0.39 is 23.6 Å². The molecule has 0 saturated heterocycles. The molecule has 14 nitrogen and oxygen atoms in total. The molecular formula is C56H48N4O10. The van der Waals surface area contributed by atoms with Crippen molar-refractivity contribution in [3.8, 4) is 23.0 Å². The van der Waals surface area contributed by atoms with Gasteiger partial charge >= 0.3 is 0 Å². The fourth-order valence-corrected chi connectivity index (χ4v) is 17.6. The second kappa shape index (κ2) is 13.5. The topological polar surface area (TPSA) is 168 Å². The lowest BCUT2D eigenvalue weighted by molar-refractivity contribution is -0.120. The number of nitrogens with zero attached hydrogens (tertiary/aromatic N) is 4. The van der Waals surface area contributed by atoms with E-state index in [0.717, 1.165) is 64.2 Å². The SMILES string of the molecule is O=C1c2ccc3cc2C(=O)N1CC12CC4CC(C1)CC(C4)(CN1C(=O)c4ccc(cc4C1=O)Oc1ccc4c(c1)C(=O)N(CC15CC6CC(CC(C6)(CN6C(=O)c7ccc(cc7C6=O)O3)C1)C5)C4=O)C2. The summed E-state index contributed by atoms with van der Waals surface area (Å²) in [5.41, 5.74) is 0.678. The molecule has 70 heavy (non-hydrogen) atoms. The maximum absolute atomic E-state index is 14.3. The molecule has 0 unspecified atom stereocenters. The van der Waals surface area contributed by atoms with Crippen molar-refractivity contribution in [1.82, 2.24) is 19.6 Å². The van der Waals surface area contributed by atoms with E-state index in [1.54, 1.807) is 72.8 Å². The lowest BCUT2D eigenvalue weighted by atomic mass is 9.44. The van der Waals surface area contributed by atoms with Crippen LogP contribution < -0.4 is 9.47 Å². The van der Waals surface area contributed by atoms with Gasteiger partial charge in [0.25, 0.3) is 47.3 Å². The van der Waals surface area contributed by atoms with Gasteiger partial charge in [0.1, 0.15) is 23.0 Å². The van der Waals surface area contributed by atoms with Crippen LogP contribution in [0.25, 0.3) is 0 Å². The number of rotatable bonds is 0. The molecule has 0 radical (unpaired) electrons. The molecule has 5 aliphatic heterocycles. The summed E-state index contributed by atoms with van der Waals surface area (Å²) >= 11 is 0. The van der Waals surface area contributed by atoms with Crippen LogP contribution in [0.4, 0.5) is 0 Å². The number of hydrogen-bond donors (Lipinski definition) is 0. The van der Waals surface area contributed by atoms with Gasteiger partial charge in [-0.1, -0.05) is 0 Å². The summed E-state index contributed by atoms with van der Waals surface area (Å²) in [6, 6.07) is 19.3. The summed E-state index contributed by atoms with van der Waals surface area (Å²) in [6.45, 7) is 0.979. The monoisotopic (exact) mass is 936 g/mol. The van der Waals surface area contributed by atoms with Crippen LogP contribution in [0, 0.1) is 45.3 Å². The van der Waals surface area contributed by atoms with E-state index in [4.69, 9.17) is 9.47 Å². The van der Waals surface area contributed by atoms with Crippen LogP contribution in [-0.4, -0.2) is 93.0 Å². The van der Waals surface area contributed by atoms with Crippen molar-refractivity contribution in [3.63, 3.8) is 0 Å². The Hall–Kier alpha value is -6.96. The molecule has 352 valence electrons. The summed E-state index contributed by atoms with van der Waals surface area (Å²) < 4.78 is 12.6. The number of carbonyl (C=O) groups is 8. The van der Waals surface area contributed by atoms with E-state index in [0.29, 0.717) is 81.8 Å². The lowest BCUT2D eigenvalue weighted by Crippen LogP contribution is -2.59. The van der Waals surface area contributed by atoms with E-state index in [-0.39, 0.29) is 93.7 Å². The Kier molecular flexibility index (Phi) is 7.86. The first-order valence-corrected chi connectivity index (χ1v) is 25.0. The molecule has 13 aliphatic rings. The highest BCUT2D eigenvalue weighted by molar-refractivity contribution is 6.24. The van der Waals surface area contributed by atoms with Gasteiger partial charge in [0.2, 0.25) is 0 Å². The summed E-state index contributed by atoms with van der Waals surface area (Å²) in [5, 5.41) is 0. The number of imide groups is 4. The van der Waals surface area contributed by atoms with Gasteiger partial charge in [0.05, 0.1) is 44.5 Å². The number of hydrogen-bond acceptors (Lipinski definition) is 10. The smallest absolute Gasteiger partial charge is 0.261 e. The van der Waals surface area contributed by atoms with Gasteiger partial charge in [-0.15, -0.1) is 0 Å². The van der Waals surface area contributed by atoms with Gasteiger partial charge in [0, 0.05) is 26.2 Å². The van der Waals surface area contributed by atoms with E-state index >= 15 is 0 Å². The molecule has 8 amide bonds. The Morgan fingerprint density at radius 1 is 0.314 bits per heavy atom. The second-order valence-electron chi connectivity index (χ2n) is 23.7. The molecule has 0 N–H and O–H groups in total. The predicted molar refractivity (Wildman–Crippen MR) is 246 cm³/mol. The molecule has 8 fully saturated rings. The van der Waals surface area contributed by atoms with Crippen molar-refractivity contribution in [2.45, 2.75) is 77.0 Å². The molecule has 8 aliphatic carbocycles. The van der Waals surface area contributed by atoms with Gasteiger partial charge in [-0.2, -0.15) is 0 Å². The Morgan fingerprint density at radius 3 is 0.757 bits per heavy atom. The fraction of sp³-hybridized carbons (Fsp3) is 0.429. The fourth-order valence-electron chi connectivity index (χ4n) is 17.6. The van der Waals surface area contributed by atoms with Crippen LogP contribution in [0.15, 0.2) is 72.8 Å². The van der Waals surface area contributed by atoms with Crippen LogP contribution in [-0.2, 0) is 0 Å². The van der Waals surface area contributed by atoms with Gasteiger partial charge in [-0.25, -0.2) is 0 Å². The number of carbonyl (C=O) groups excluding carboxylic acids is 8. The third kappa shape index (κ3) is 5.67. The molecule has 4 aromatic carbocycles.